The summed E-state index contributed by atoms with van der Waals surface area (Å²) in [7, 11) is 1.64. The summed E-state index contributed by atoms with van der Waals surface area (Å²) in [6.45, 7) is 0.552. The Bertz CT molecular complexity index is 1100. The SMILES string of the molecule is COc1ccc(CN(c2ccc(Cl)nc2)c2nccc3cc(F)ccc23)cc1. The molecule has 4 nitrogen and oxygen atoms in total. The Hall–Kier alpha value is -3.18. The number of aromatic nitrogens is 2. The maximum Gasteiger partial charge on any atom is 0.141 e. The lowest BCUT2D eigenvalue weighted by Gasteiger charge is -2.25. The number of hydrogen-bond acceptors (Lipinski definition) is 4. The Balaban J connectivity index is 1.82. The lowest BCUT2D eigenvalue weighted by atomic mass is 10.1. The molecule has 0 unspecified atom stereocenters. The lowest BCUT2D eigenvalue weighted by molar-refractivity contribution is 0.414. The van der Waals surface area contributed by atoms with Crippen LogP contribution in [0.15, 0.2) is 73.1 Å². The van der Waals surface area contributed by atoms with Crippen molar-refractivity contribution < 1.29 is 9.13 Å². The van der Waals surface area contributed by atoms with Gasteiger partial charge in [0, 0.05) is 18.1 Å². The number of benzene rings is 2. The topological polar surface area (TPSA) is 38.2 Å². The summed E-state index contributed by atoms with van der Waals surface area (Å²) in [6, 6.07) is 18.0. The van der Waals surface area contributed by atoms with E-state index < -0.39 is 0 Å². The zero-order chi connectivity index (χ0) is 19.5. The van der Waals surface area contributed by atoms with Crippen LogP contribution in [-0.4, -0.2) is 17.1 Å². The molecule has 0 saturated heterocycles. The van der Waals surface area contributed by atoms with Gasteiger partial charge in [0.25, 0.3) is 0 Å². The van der Waals surface area contributed by atoms with E-state index in [0.29, 0.717) is 11.7 Å². The van der Waals surface area contributed by atoms with Gasteiger partial charge in [-0.2, -0.15) is 0 Å². The van der Waals surface area contributed by atoms with Crippen molar-refractivity contribution in [2.24, 2.45) is 0 Å². The average Bonchev–Trinajstić information content (AvgIpc) is 2.72. The van der Waals surface area contributed by atoms with E-state index >= 15 is 0 Å². The first kappa shape index (κ1) is 18.2. The van der Waals surface area contributed by atoms with Gasteiger partial charge in [-0.05, 0) is 59.5 Å². The third kappa shape index (κ3) is 3.75. The summed E-state index contributed by atoms with van der Waals surface area (Å²) in [5.74, 6) is 1.24. The fraction of sp³-hybridized carbons (Fsp3) is 0.0909. The molecule has 2 aromatic carbocycles. The van der Waals surface area contributed by atoms with Gasteiger partial charge in [0.2, 0.25) is 0 Å². The highest BCUT2D eigenvalue weighted by Crippen LogP contribution is 2.32. The molecule has 4 aromatic rings. The van der Waals surface area contributed by atoms with Gasteiger partial charge in [0.1, 0.15) is 22.5 Å². The van der Waals surface area contributed by atoms with Crippen molar-refractivity contribution in [2.75, 3.05) is 12.0 Å². The predicted octanol–water partition coefficient (Wildman–Crippen LogP) is 5.77. The van der Waals surface area contributed by atoms with E-state index in [0.717, 1.165) is 33.6 Å². The Kier molecular flexibility index (Phi) is 5.08. The number of pyridine rings is 2. The molecule has 0 N–H and O–H groups in total. The van der Waals surface area contributed by atoms with Gasteiger partial charge in [0.15, 0.2) is 0 Å². The van der Waals surface area contributed by atoms with Crippen LogP contribution in [0.3, 0.4) is 0 Å². The molecular formula is C22H17ClFN3O. The number of ether oxygens (including phenoxy) is 1. The zero-order valence-electron chi connectivity index (χ0n) is 15.1. The molecule has 0 atom stereocenters. The fourth-order valence-electron chi connectivity index (χ4n) is 3.08. The van der Waals surface area contributed by atoms with Crippen molar-refractivity contribution in [1.82, 2.24) is 9.97 Å². The van der Waals surface area contributed by atoms with Crippen molar-refractivity contribution in [3.63, 3.8) is 0 Å². The summed E-state index contributed by atoms with van der Waals surface area (Å²) in [4.78, 5) is 10.8. The second-order valence-electron chi connectivity index (χ2n) is 6.27. The minimum Gasteiger partial charge on any atom is -0.497 e. The molecule has 4 rings (SSSR count). The predicted molar refractivity (Wildman–Crippen MR) is 110 cm³/mol. The molecule has 0 radical (unpaired) electrons. The molecule has 140 valence electrons. The Labute approximate surface area is 167 Å². The first-order chi connectivity index (χ1) is 13.6. The number of anilines is 2. The number of halogens is 2. The van der Waals surface area contributed by atoms with Gasteiger partial charge in [-0.15, -0.1) is 0 Å². The van der Waals surface area contributed by atoms with Gasteiger partial charge in [-0.1, -0.05) is 23.7 Å². The maximum atomic E-state index is 13.7. The van der Waals surface area contributed by atoms with Crippen LogP contribution in [0, 0.1) is 5.82 Å². The Morgan fingerprint density at radius 2 is 1.82 bits per heavy atom. The molecule has 0 spiro atoms. The highest BCUT2D eigenvalue weighted by molar-refractivity contribution is 6.29. The standard InChI is InChI=1S/C22H17ClFN3O/c1-28-19-6-2-15(3-7-19)14-27(18-5-9-21(23)26-13-18)22-20-8-4-17(24)12-16(20)10-11-25-22/h2-13H,14H2,1H3. The average molecular weight is 394 g/mol. The van der Waals surface area contributed by atoms with Gasteiger partial charge in [-0.3, -0.25) is 0 Å². The van der Waals surface area contributed by atoms with E-state index in [2.05, 4.69) is 9.97 Å². The Morgan fingerprint density at radius 1 is 1.00 bits per heavy atom. The van der Waals surface area contributed by atoms with Crippen LogP contribution in [0.2, 0.25) is 5.15 Å². The van der Waals surface area contributed by atoms with Crippen LogP contribution in [0.5, 0.6) is 5.75 Å². The van der Waals surface area contributed by atoms with E-state index in [-0.39, 0.29) is 5.82 Å². The summed E-state index contributed by atoms with van der Waals surface area (Å²) in [5.41, 5.74) is 1.90. The van der Waals surface area contributed by atoms with Crippen LogP contribution in [0.4, 0.5) is 15.9 Å². The molecule has 2 aromatic heterocycles. The van der Waals surface area contributed by atoms with Crippen molar-refractivity contribution in [1.29, 1.82) is 0 Å². The maximum absolute atomic E-state index is 13.7. The van der Waals surface area contributed by atoms with Crippen molar-refractivity contribution in [2.45, 2.75) is 6.54 Å². The molecule has 0 aliphatic carbocycles. The summed E-state index contributed by atoms with van der Waals surface area (Å²) in [6.07, 6.45) is 3.39. The molecule has 2 heterocycles. The fourth-order valence-corrected chi connectivity index (χ4v) is 3.19. The molecular weight excluding hydrogens is 377 g/mol. The molecule has 28 heavy (non-hydrogen) atoms. The minimum absolute atomic E-state index is 0.278. The number of fused-ring (bicyclic) bond motifs is 1. The molecule has 0 aliphatic rings. The van der Waals surface area contributed by atoms with Crippen molar-refractivity contribution in [3.05, 3.63) is 89.6 Å². The quantitative estimate of drug-likeness (QED) is 0.403. The van der Waals surface area contributed by atoms with Crippen LogP contribution < -0.4 is 9.64 Å². The normalized spacial score (nSPS) is 10.8. The van der Waals surface area contributed by atoms with Crippen LogP contribution >= 0.6 is 11.6 Å². The second-order valence-corrected chi connectivity index (χ2v) is 6.66. The highest BCUT2D eigenvalue weighted by Gasteiger charge is 2.16. The van der Waals surface area contributed by atoms with Gasteiger partial charge < -0.3 is 9.64 Å². The van der Waals surface area contributed by atoms with E-state index in [1.54, 1.807) is 37.7 Å². The highest BCUT2D eigenvalue weighted by atomic mass is 35.5. The largest absolute Gasteiger partial charge is 0.497 e. The van der Waals surface area contributed by atoms with Gasteiger partial charge >= 0.3 is 0 Å². The summed E-state index contributed by atoms with van der Waals surface area (Å²) >= 11 is 5.97. The second kappa shape index (κ2) is 7.82. The molecule has 0 saturated carbocycles. The van der Waals surface area contributed by atoms with Crippen molar-refractivity contribution >= 4 is 33.9 Å². The first-order valence-corrected chi connectivity index (χ1v) is 9.08. The summed E-state index contributed by atoms with van der Waals surface area (Å²) < 4.78 is 18.9. The zero-order valence-corrected chi connectivity index (χ0v) is 15.9. The van der Waals surface area contributed by atoms with Gasteiger partial charge in [-0.25, -0.2) is 14.4 Å². The molecule has 0 bridgehead atoms. The molecule has 0 amide bonds. The smallest absolute Gasteiger partial charge is 0.141 e. The third-order valence-electron chi connectivity index (χ3n) is 4.48. The van der Waals surface area contributed by atoms with E-state index in [9.17, 15) is 4.39 Å². The van der Waals surface area contributed by atoms with Gasteiger partial charge in [0.05, 0.1) is 19.0 Å². The summed E-state index contributed by atoms with van der Waals surface area (Å²) in [5, 5.41) is 2.06. The number of nitrogens with zero attached hydrogens (tertiary/aromatic N) is 3. The lowest BCUT2D eigenvalue weighted by Crippen LogP contribution is -2.18. The minimum atomic E-state index is -0.278. The third-order valence-corrected chi connectivity index (χ3v) is 4.71. The molecule has 0 fully saturated rings. The van der Waals surface area contributed by atoms with E-state index in [4.69, 9.17) is 16.3 Å². The Morgan fingerprint density at radius 3 is 2.54 bits per heavy atom. The van der Waals surface area contributed by atoms with E-state index in [1.807, 2.05) is 35.2 Å². The van der Waals surface area contributed by atoms with Crippen LogP contribution in [-0.2, 0) is 6.54 Å². The van der Waals surface area contributed by atoms with Crippen LogP contribution in [0.1, 0.15) is 5.56 Å². The monoisotopic (exact) mass is 393 g/mol. The van der Waals surface area contributed by atoms with E-state index in [1.165, 1.54) is 12.1 Å². The first-order valence-electron chi connectivity index (χ1n) is 8.70. The number of rotatable bonds is 5. The number of hydrogen-bond donors (Lipinski definition) is 0. The van der Waals surface area contributed by atoms with Crippen LogP contribution in [0.25, 0.3) is 10.8 Å². The van der Waals surface area contributed by atoms with Crippen molar-refractivity contribution in [3.8, 4) is 5.75 Å². The molecule has 0 aliphatic heterocycles. The molecule has 6 heteroatoms. The number of methoxy groups -OCH3 is 1.